The molecule has 2 nitrogen and oxygen atoms in total. The van der Waals surface area contributed by atoms with Gasteiger partial charge in [-0.25, -0.2) is 0 Å². The Morgan fingerprint density at radius 2 is 2.00 bits per heavy atom. The number of hydrogen-bond donors (Lipinski definition) is 1. The molecule has 0 fully saturated rings. The summed E-state index contributed by atoms with van der Waals surface area (Å²) in [5, 5.41) is 0. The Kier molecular flexibility index (Phi) is 3.73. The monoisotopic (exact) mass is 157 g/mol. The summed E-state index contributed by atoms with van der Waals surface area (Å²) in [6.07, 6.45) is 1.60. The zero-order valence-electron chi connectivity index (χ0n) is 7.98. The maximum atomic E-state index is 11.5. The summed E-state index contributed by atoms with van der Waals surface area (Å²) in [5.41, 5.74) is 5.17. The fourth-order valence-corrected chi connectivity index (χ4v) is 0.923. The molecule has 0 aliphatic heterocycles. The molecular formula is C9H19NO. The van der Waals surface area contributed by atoms with E-state index in [0.29, 0.717) is 0 Å². The first-order chi connectivity index (χ1) is 4.95. The van der Waals surface area contributed by atoms with Gasteiger partial charge in [-0.3, -0.25) is 4.79 Å². The smallest absolute Gasteiger partial charge is 0.155 e. The van der Waals surface area contributed by atoms with Crippen LogP contribution in [0.3, 0.4) is 0 Å². The molecule has 0 aromatic heterocycles. The van der Waals surface area contributed by atoms with Crippen LogP contribution in [0.15, 0.2) is 0 Å². The maximum absolute atomic E-state index is 11.5. The van der Waals surface area contributed by atoms with Crippen molar-refractivity contribution in [3.63, 3.8) is 0 Å². The average molecular weight is 157 g/mol. The zero-order chi connectivity index (χ0) is 9.07. The van der Waals surface area contributed by atoms with Crippen molar-refractivity contribution in [2.75, 3.05) is 0 Å². The molecule has 2 atom stereocenters. The van der Waals surface area contributed by atoms with Gasteiger partial charge in [-0.2, -0.15) is 0 Å². The molecule has 0 aliphatic rings. The van der Waals surface area contributed by atoms with Gasteiger partial charge in [-0.15, -0.1) is 0 Å². The van der Waals surface area contributed by atoms with Gasteiger partial charge >= 0.3 is 0 Å². The van der Waals surface area contributed by atoms with Gasteiger partial charge in [-0.1, -0.05) is 20.8 Å². The third-order valence-corrected chi connectivity index (χ3v) is 2.36. The van der Waals surface area contributed by atoms with E-state index in [0.717, 1.165) is 12.8 Å². The first kappa shape index (κ1) is 10.6. The second-order valence-electron chi connectivity index (χ2n) is 3.44. The quantitative estimate of drug-likeness (QED) is 0.675. The number of ketones is 1. The number of hydrogen-bond acceptors (Lipinski definition) is 2. The van der Waals surface area contributed by atoms with E-state index in [-0.39, 0.29) is 11.7 Å². The van der Waals surface area contributed by atoms with E-state index in [9.17, 15) is 4.79 Å². The highest BCUT2D eigenvalue weighted by molar-refractivity contribution is 5.89. The summed E-state index contributed by atoms with van der Waals surface area (Å²) in [6, 6.07) is 0. The fourth-order valence-electron chi connectivity index (χ4n) is 0.923. The summed E-state index contributed by atoms with van der Waals surface area (Å²) in [4.78, 5) is 11.5. The highest BCUT2D eigenvalue weighted by Crippen LogP contribution is 2.15. The highest BCUT2D eigenvalue weighted by atomic mass is 16.1. The van der Waals surface area contributed by atoms with Crippen molar-refractivity contribution < 1.29 is 4.79 Å². The Morgan fingerprint density at radius 3 is 2.27 bits per heavy atom. The van der Waals surface area contributed by atoms with Gasteiger partial charge in [0.1, 0.15) is 0 Å². The minimum atomic E-state index is -0.616. The van der Waals surface area contributed by atoms with E-state index in [2.05, 4.69) is 0 Å². The summed E-state index contributed by atoms with van der Waals surface area (Å²) in [7, 11) is 0. The Morgan fingerprint density at radius 1 is 1.55 bits per heavy atom. The summed E-state index contributed by atoms with van der Waals surface area (Å²) >= 11 is 0. The van der Waals surface area contributed by atoms with Crippen LogP contribution in [0.2, 0.25) is 0 Å². The number of carbonyl (C=O) groups excluding carboxylic acids is 1. The summed E-state index contributed by atoms with van der Waals surface area (Å²) in [6.45, 7) is 7.69. The average Bonchev–Trinajstić information content (AvgIpc) is 2.01. The SMILES string of the molecule is CCC(C)C(=O)C(C)(N)CC. The fraction of sp³-hybridized carbons (Fsp3) is 0.889. The topological polar surface area (TPSA) is 43.1 Å². The van der Waals surface area contributed by atoms with Crippen LogP contribution < -0.4 is 5.73 Å². The van der Waals surface area contributed by atoms with Crippen molar-refractivity contribution in [2.45, 2.75) is 46.1 Å². The normalized spacial score (nSPS) is 19.0. The predicted molar refractivity (Wildman–Crippen MR) is 47.3 cm³/mol. The van der Waals surface area contributed by atoms with Crippen LogP contribution in [0, 0.1) is 5.92 Å². The molecule has 0 heterocycles. The minimum Gasteiger partial charge on any atom is -0.319 e. The van der Waals surface area contributed by atoms with E-state index in [1.165, 1.54) is 0 Å². The first-order valence-corrected chi connectivity index (χ1v) is 4.28. The largest absolute Gasteiger partial charge is 0.319 e. The van der Waals surface area contributed by atoms with E-state index < -0.39 is 5.54 Å². The molecule has 2 heteroatoms. The molecule has 0 amide bonds. The van der Waals surface area contributed by atoms with Crippen molar-refractivity contribution >= 4 is 5.78 Å². The molecule has 0 radical (unpaired) electrons. The van der Waals surface area contributed by atoms with Crippen LogP contribution in [0.4, 0.5) is 0 Å². The van der Waals surface area contributed by atoms with Crippen LogP contribution in [0.5, 0.6) is 0 Å². The van der Waals surface area contributed by atoms with E-state index in [4.69, 9.17) is 5.73 Å². The molecular weight excluding hydrogens is 138 g/mol. The third-order valence-electron chi connectivity index (χ3n) is 2.36. The van der Waals surface area contributed by atoms with Gasteiger partial charge in [0.05, 0.1) is 5.54 Å². The number of Topliss-reactive ketones (excluding diaryl/α,β-unsaturated/α-hetero) is 1. The van der Waals surface area contributed by atoms with E-state index >= 15 is 0 Å². The van der Waals surface area contributed by atoms with Crippen LogP contribution >= 0.6 is 0 Å². The number of nitrogens with two attached hydrogens (primary N) is 1. The second kappa shape index (κ2) is 3.86. The molecule has 11 heavy (non-hydrogen) atoms. The lowest BCUT2D eigenvalue weighted by Gasteiger charge is -2.24. The summed E-state index contributed by atoms with van der Waals surface area (Å²) < 4.78 is 0. The van der Waals surface area contributed by atoms with Crippen molar-refractivity contribution in [3.05, 3.63) is 0 Å². The standard InChI is InChI=1S/C9H19NO/c1-5-7(3)8(11)9(4,10)6-2/h7H,5-6,10H2,1-4H3. The van der Waals surface area contributed by atoms with Gasteiger partial charge in [0.25, 0.3) is 0 Å². The molecule has 0 aromatic rings. The number of carbonyl (C=O) groups is 1. The van der Waals surface area contributed by atoms with Crippen LogP contribution in [-0.4, -0.2) is 11.3 Å². The van der Waals surface area contributed by atoms with Gasteiger partial charge in [0, 0.05) is 5.92 Å². The van der Waals surface area contributed by atoms with E-state index in [1.807, 2.05) is 27.7 Å². The Labute approximate surface area is 69.2 Å². The molecule has 0 saturated carbocycles. The van der Waals surface area contributed by atoms with Gasteiger partial charge < -0.3 is 5.73 Å². The van der Waals surface area contributed by atoms with Crippen molar-refractivity contribution in [2.24, 2.45) is 11.7 Å². The molecule has 0 aliphatic carbocycles. The van der Waals surface area contributed by atoms with E-state index in [1.54, 1.807) is 0 Å². The predicted octanol–water partition coefficient (Wildman–Crippen LogP) is 1.73. The molecule has 0 rings (SSSR count). The van der Waals surface area contributed by atoms with Crippen molar-refractivity contribution in [1.82, 2.24) is 0 Å². The van der Waals surface area contributed by atoms with Gasteiger partial charge in [0.15, 0.2) is 5.78 Å². The Bertz CT molecular complexity index is 140. The van der Waals surface area contributed by atoms with Crippen LogP contribution in [0.1, 0.15) is 40.5 Å². The van der Waals surface area contributed by atoms with Crippen molar-refractivity contribution in [3.8, 4) is 0 Å². The third kappa shape index (κ3) is 2.62. The Hall–Kier alpha value is -0.370. The molecule has 0 bridgehead atoms. The van der Waals surface area contributed by atoms with Crippen LogP contribution in [0.25, 0.3) is 0 Å². The van der Waals surface area contributed by atoms with Crippen LogP contribution in [-0.2, 0) is 4.79 Å². The Balaban J connectivity index is 4.23. The molecule has 66 valence electrons. The maximum Gasteiger partial charge on any atom is 0.155 e. The molecule has 0 aromatic carbocycles. The second-order valence-corrected chi connectivity index (χ2v) is 3.44. The lowest BCUT2D eigenvalue weighted by Crippen LogP contribution is -2.46. The van der Waals surface area contributed by atoms with Gasteiger partial charge in [0.2, 0.25) is 0 Å². The molecule has 0 spiro atoms. The molecule has 2 unspecified atom stereocenters. The molecule has 0 saturated heterocycles. The minimum absolute atomic E-state index is 0.102. The van der Waals surface area contributed by atoms with Gasteiger partial charge in [-0.05, 0) is 19.8 Å². The lowest BCUT2D eigenvalue weighted by atomic mass is 9.86. The zero-order valence-corrected chi connectivity index (χ0v) is 7.98. The lowest BCUT2D eigenvalue weighted by molar-refractivity contribution is -0.127. The first-order valence-electron chi connectivity index (χ1n) is 4.28. The highest BCUT2D eigenvalue weighted by Gasteiger charge is 2.28. The van der Waals surface area contributed by atoms with Crippen molar-refractivity contribution in [1.29, 1.82) is 0 Å². The summed E-state index contributed by atoms with van der Waals surface area (Å²) in [5.74, 6) is 0.285. The molecule has 2 N–H and O–H groups in total. The number of rotatable bonds is 4.